The maximum absolute atomic E-state index is 14.1. The zero-order valence-corrected chi connectivity index (χ0v) is 11.0. The van der Waals surface area contributed by atoms with E-state index in [1.54, 1.807) is 12.3 Å². The van der Waals surface area contributed by atoms with Crippen LogP contribution in [0.4, 0.5) is 10.2 Å². The fraction of sp³-hybridized carbons (Fsp3) is 0.615. The van der Waals surface area contributed by atoms with Gasteiger partial charge in [0.2, 0.25) is 0 Å². The predicted octanol–water partition coefficient (Wildman–Crippen LogP) is 2.57. The summed E-state index contributed by atoms with van der Waals surface area (Å²) in [5.74, 6) is 0.251. The number of anilines is 1. The van der Waals surface area contributed by atoms with Crippen molar-refractivity contribution in [2.24, 2.45) is 0 Å². The molecule has 0 saturated carbocycles. The van der Waals surface area contributed by atoms with Crippen LogP contribution >= 0.6 is 0 Å². The normalized spacial score (nSPS) is 10.6. The minimum absolute atomic E-state index is 0.202. The third-order valence-corrected chi connectivity index (χ3v) is 2.72. The van der Waals surface area contributed by atoms with E-state index < -0.39 is 0 Å². The Hall–Kier alpha value is -1.16. The number of hydrogen-bond donors (Lipinski definition) is 1. The van der Waals surface area contributed by atoms with Crippen LogP contribution in [0.3, 0.4) is 0 Å². The summed E-state index contributed by atoms with van der Waals surface area (Å²) in [7, 11) is 1.89. The van der Waals surface area contributed by atoms with Crippen molar-refractivity contribution in [2.75, 3.05) is 25.0 Å². The highest BCUT2D eigenvalue weighted by molar-refractivity contribution is 5.42. The van der Waals surface area contributed by atoms with Gasteiger partial charge in [0.25, 0.3) is 0 Å². The van der Waals surface area contributed by atoms with Crippen molar-refractivity contribution in [1.29, 1.82) is 0 Å². The minimum atomic E-state index is -0.202. The molecule has 3 nitrogen and oxygen atoms in total. The summed E-state index contributed by atoms with van der Waals surface area (Å²) >= 11 is 0. The van der Waals surface area contributed by atoms with E-state index >= 15 is 0 Å². The molecule has 0 bridgehead atoms. The van der Waals surface area contributed by atoms with Crippen LogP contribution in [0.1, 0.15) is 32.3 Å². The summed E-state index contributed by atoms with van der Waals surface area (Å²) in [5.41, 5.74) is 0.681. The molecule has 1 heterocycles. The smallest absolute Gasteiger partial charge is 0.170 e. The molecule has 0 atom stereocenters. The van der Waals surface area contributed by atoms with Crippen molar-refractivity contribution in [1.82, 2.24) is 10.3 Å². The Labute approximate surface area is 103 Å². The molecule has 1 aromatic rings. The monoisotopic (exact) mass is 239 g/mol. The zero-order chi connectivity index (χ0) is 12.7. The van der Waals surface area contributed by atoms with Crippen molar-refractivity contribution in [3.05, 3.63) is 23.6 Å². The van der Waals surface area contributed by atoms with Gasteiger partial charge in [-0.25, -0.2) is 9.37 Å². The molecular weight excluding hydrogens is 217 g/mol. The van der Waals surface area contributed by atoms with Crippen molar-refractivity contribution < 1.29 is 4.39 Å². The molecule has 4 heteroatoms. The van der Waals surface area contributed by atoms with Gasteiger partial charge in [-0.3, -0.25) is 0 Å². The Morgan fingerprint density at radius 2 is 2.18 bits per heavy atom. The number of rotatable bonds is 7. The third kappa shape index (κ3) is 3.97. The summed E-state index contributed by atoms with van der Waals surface area (Å²) in [4.78, 5) is 6.01. The van der Waals surface area contributed by atoms with Crippen LogP contribution in [0, 0.1) is 5.82 Å². The van der Waals surface area contributed by atoms with E-state index in [2.05, 4.69) is 17.2 Å². The second-order valence-corrected chi connectivity index (χ2v) is 4.16. The van der Waals surface area contributed by atoms with Gasteiger partial charge >= 0.3 is 0 Å². The molecule has 0 spiro atoms. The molecule has 0 aliphatic heterocycles. The number of nitrogens with zero attached hydrogens (tertiary/aromatic N) is 2. The summed E-state index contributed by atoms with van der Waals surface area (Å²) in [6.07, 6.45) is 3.83. The zero-order valence-electron chi connectivity index (χ0n) is 11.0. The maximum Gasteiger partial charge on any atom is 0.170 e. The van der Waals surface area contributed by atoms with Gasteiger partial charge in [-0.15, -0.1) is 0 Å². The summed E-state index contributed by atoms with van der Waals surface area (Å²) < 4.78 is 14.1. The van der Waals surface area contributed by atoms with Gasteiger partial charge in [-0.05, 0) is 19.0 Å². The Morgan fingerprint density at radius 3 is 2.82 bits per heavy atom. The highest BCUT2D eigenvalue weighted by Crippen LogP contribution is 2.18. The second-order valence-electron chi connectivity index (χ2n) is 4.16. The van der Waals surface area contributed by atoms with Crippen LogP contribution in [0.5, 0.6) is 0 Å². The van der Waals surface area contributed by atoms with Gasteiger partial charge in [0.05, 0.1) is 0 Å². The molecule has 0 unspecified atom stereocenters. The summed E-state index contributed by atoms with van der Waals surface area (Å²) in [6.45, 7) is 6.36. The van der Waals surface area contributed by atoms with Gasteiger partial charge in [-0.2, -0.15) is 0 Å². The number of unbranched alkanes of at least 4 members (excludes halogenated alkanes) is 1. The van der Waals surface area contributed by atoms with E-state index in [-0.39, 0.29) is 5.82 Å². The average molecular weight is 239 g/mol. The molecule has 0 amide bonds. The lowest BCUT2D eigenvalue weighted by Crippen LogP contribution is -2.22. The van der Waals surface area contributed by atoms with Crippen molar-refractivity contribution >= 4 is 5.82 Å². The largest absolute Gasteiger partial charge is 0.357 e. The first-order chi connectivity index (χ1) is 8.20. The minimum Gasteiger partial charge on any atom is -0.357 e. The summed E-state index contributed by atoms with van der Waals surface area (Å²) in [6, 6.07) is 1.73. The Balaban J connectivity index is 2.78. The first-order valence-corrected chi connectivity index (χ1v) is 6.25. The Morgan fingerprint density at radius 1 is 1.41 bits per heavy atom. The SMILES string of the molecule is CCCCN(C)c1nccc(CNCC)c1F. The van der Waals surface area contributed by atoms with Gasteiger partial charge in [0.1, 0.15) is 0 Å². The van der Waals surface area contributed by atoms with E-state index in [9.17, 15) is 4.39 Å². The average Bonchev–Trinajstić information content (AvgIpc) is 2.34. The molecule has 0 saturated heterocycles. The van der Waals surface area contributed by atoms with Crippen LogP contribution in [0.15, 0.2) is 12.3 Å². The van der Waals surface area contributed by atoms with Gasteiger partial charge < -0.3 is 10.2 Å². The van der Waals surface area contributed by atoms with E-state index in [4.69, 9.17) is 0 Å². The fourth-order valence-corrected chi connectivity index (χ4v) is 1.63. The first-order valence-electron chi connectivity index (χ1n) is 6.25. The molecule has 0 aliphatic carbocycles. The Bertz CT molecular complexity index is 341. The molecule has 0 aliphatic rings. The number of pyridine rings is 1. The van der Waals surface area contributed by atoms with Crippen molar-refractivity contribution in [3.8, 4) is 0 Å². The van der Waals surface area contributed by atoms with E-state index in [1.807, 2.05) is 18.9 Å². The number of nitrogens with one attached hydrogen (secondary N) is 1. The van der Waals surface area contributed by atoms with E-state index in [0.717, 1.165) is 25.9 Å². The molecule has 96 valence electrons. The van der Waals surface area contributed by atoms with Gasteiger partial charge in [-0.1, -0.05) is 20.3 Å². The van der Waals surface area contributed by atoms with Crippen LogP contribution in [0.25, 0.3) is 0 Å². The Kier molecular flexibility index (Phi) is 5.91. The lowest BCUT2D eigenvalue weighted by atomic mass is 10.2. The highest BCUT2D eigenvalue weighted by atomic mass is 19.1. The predicted molar refractivity (Wildman–Crippen MR) is 69.8 cm³/mol. The van der Waals surface area contributed by atoms with Crippen molar-refractivity contribution in [3.63, 3.8) is 0 Å². The third-order valence-electron chi connectivity index (χ3n) is 2.72. The number of hydrogen-bond acceptors (Lipinski definition) is 3. The molecule has 0 radical (unpaired) electrons. The molecule has 1 N–H and O–H groups in total. The molecule has 1 rings (SSSR count). The first kappa shape index (κ1) is 13.9. The van der Waals surface area contributed by atoms with Crippen LogP contribution < -0.4 is 10.2 Å². The molecular formula is C13H22FN3. The van der Waals surface area contributed by atoms with Crippen LogP contribution in [0.2, 0.25) is 0 Å². The molecule has 0 aromatic carbocycles. The van der Waals surface area contributed by atoms with Crippen LogP contribution in [-0.4, -0.2) is 25.1 Å². The van der Waals surface area contributed by atoms with E-state index in [1.165, 1.54) is 0 Å². The van der Waals surface area contributed by atoms with Gasteiger partial charge in [0.15, 0.2) is 11.6 Å². The standard InChI is InChI=1S/C13H22FN3/c1-4-6-9-17(3)13-12(14)11(7-8-16-13)10-15-5-2/h7-8,15H,4-6,9-10H2,1-3H3. The van der Waals surface area contributed by atoms with Crippen LogP contribution in [-0.2, 0) is 6.54 Å². The highest BCUT2D eigenvalue weighted by Gasteiger charge is 2.12. The molecule has 1 aromatic heterocycles. The number of aromatic nitrogens is 1. The second kappa shape index (κ2) is 7.22. The quantitative estimate of drug-likeness (QED) is 0.792. The molecule has 0 fully saturated rings. The lowest BCUT2D eigenvalue weighted by molar-refractivity contribution is 0.581. The summed E-state index contributed by atoms with van der Waals surface area (Å²) in [5, 5.41) is 3.13. The van der Waals surface area contributed by atoms with E-state index in [0.29, 0.717) is 17.9 Å². The van der Waals surface area contributed by atoms with Crippen molar-refractivity contribution in [2.45, 2.75) is 33.2 Å². The topological polar surface area (TPSA) is 28.2 Å². The maximum atomic E-state index is 14.1. The molecule has 17 heavy (non-hydrogen) atoms. The fourth-order valence-electron chi connectivity index (χ4n) is 1.63. The number of halogens is 1. The van der Waals surface area contributed by atoms with Gasteiger partial charge in [0, 0.05) is 31.9 Å². The lowest BCUT2D eigenvalue weighted by Gasteiger charge is -2.19.